The maximum atomic E-state index is 2.54. The van der Waals surface area contributed by atoms with Gasteiger partial charge >= 0.3 is 0 Å². The van der Waals surface area contributed by atoms with Crippen molar-refractivity contribution < 1.29 is 0 Å². The topological polar surface area (TPSA) is 0 Å². The molecule has 0 nitrogen and oxygen atoms in total. The van der Waals surface area contributed by atoms with E-state index in [1.165, 1.54) is 99.8 Å². The van der Waals surface area contributed by atoms with E-state index in [0.717, 1.165) is 0 Å². The van der Waals surface area contributed by atoms with Crippen LogP contribution < -0.4 is 0 Å². The number of benzene rings is 4. The Morgan fingerprint density at radius 1 is 0.486 bits per heavy atom. The Morgan fingerprint density at radius 3 is 1.41 bits per heavy atom. The quantitative estimate of drug-likeness (QED) is 0.234. The van der Waals surface area contributed by atoms with Gasteiger partial charge < -0.3 is 0 Å². The lowest BCUT2D eigenvalue weighted by molar-refractivity contribution is 0.767. The highest BCUT2D eigenvalue weighted by molar-refractivity contribution is 6.00. The summed E-state index contributed by atoms with van der Waals surface area (Å²) in [6.07, 6.45) is 4.95. The molecule has 0 heteroatoms. The molecule has 2 aliphatic carbocycles. The Morgan fingerprint density at radius 2 is 0.919 bits per heavy atom. The van der Waals surface area contributed by atoms with Gasteiger partial charge in [-0.2, -0.15) is 0 Å². The van der Waals surface area contributed by atoms with Gasteiger partial charge in [0.15, 0.2) is 0 Å². The average Bonchev–Trinajstić information content (AvgIpc) is 3.22. The van der Waals surface area contributed by atoms with Gasteiger partial charge in [-0.3, -0.25) is 0 Å². The van der Waals surface area contributed by atoms with Crippen molar-refractivity contribution >= 4 is 28.0 Å². The van der Waals surface area contributed by atoms with E-state index in [9.17, 15) is 0 Å². The molecular weight excluding hydrogens is 444 g/mol. The molecule has 0 fully saturated rings. The summed E-state index contributed by atoms with van der Waals surface area (Å²) in [5.41, 5.74) is 22.6. The Balaban J connectivity index is 1.94. The van der Waals surface area contributed by atoms with E-state index in [4.69, 9.17) is 0 Å². The molecule has 4 aromatic rings. The predicted molar refractivity (Wildman–Crippen MR) is 162 cm³/mol. The highest BCUT2D eigenvalue weighted by atomic mass is 14.5. The molecule has 0 aliphatic heterocycles. The fourth-order valence-corrected chi connectivity index (χ4v) is 7.53. The van der Waals surface area contributed by atoms with Crippen molar-refractivity contribution in [3.63, 3.8) is 0 Å². The van der Waals surface area contributed by atoms with E-state index in [0.29, 0.717) is 0 Å². The van der Waals surface area contributed by atoms with Crippen LogP contribution in [0.1, 0.15) is 91.7 Å². The largest absolute Gasteiger partial charge is 0.0658 e. The zero-order chi connectivity index (χ0) is 26.5. The fourth-order valence-electron chi connectivity index (χ4n) is 7.53. The molecule has 0 aromatic heterocycles. The third-order valence-corrected chi connectivity index (χ3v) is 10.3. The molecule has 0 saturated heterocycles. The normalized spacial score (nSPS) is 15.3. The molecule has 0 atom stereocenters. The highest BCUT2D eigenvalue weighted by Crippen LogP contribution is 2.58. The fraction of sp³-hybridized carbons (Fsp3) is 0.297. The Kier molecular flexibility index (Phi) is 5.06. The second kappa shape index (κ2) is 7.81. The minimum atomic E-state index is -0.330. The first-order valence-corrected chi connectivity index (χ1v) is 13.6. The van der Waals surface area contributed by atoms with Crippen LogP contribution >= 0.6 is 0 Å². The number of hydrogen-bond acceptors (Lipinski definition) is 0. The summed E-state index contributed by atoms with van der Waals surface area (Å²) >= 11 is 0. The van der Waals surface area contributed by atoms with E-state index >= 15 is 0 Å². The summed E-state index contributed by atoms with van der Waals surface area (Å²) in [6.45, 7) is 23.4. The highest BCUT2D eigenvalue weighted by Gasteiger charge is 2.47. The zero-order valence-corrected chi connectivity index (χ0v) is 24.1. The lowest BCUT2D eigenvalue weighted by Gasteiger charge is -2.38. The molecule has 186 valence electrons. The lowest BCUT2D eigenvalue weighted by atomic mass is 9.63. The van der Waals surface area contributed by atoms with Crippen LogP contribution in [0, 0.1) is 55.4 Å². The van der Waals surface area contributed by atoms with E-state index in [1.54, 1.807) is 0 Å². The molecule has 0 saturated carbocycles. The zero-order valence-electron chi connectivity index (χ0n) is 24.1. The Hall–Kier alpha value is -3.38. The smallest absolute Gasteiger partial charge is 0.0645 e. The summed E-state index contributed by atoms with van der Waals surface area (Å²) in [4.78, 5) is 0. The van der Waals surface area contributed by atoms with E-state index in [-0.39, 0.29) is 5.41 Å². The standard InChI is InChI=1S/C37H38/c1-19-21(3)27(9)35-33(23(19)5)25(7)26(8)34-24(6)20(2)22(4)28(10)36(34)37(35)16-15-31-17-29-13-11-12-14-30(29)18-32(31)37/h11-18H,1-10H3. The number of hydrogen-bond donors (Lipinski definition) is 0. The third-order valence-electron chi connectivity index (χ3n) is 10.3. The molecule has 2 aliphatic rings. The van der Waals surface area contributed by atoms with Gasteiger partial charge in [0, 0.05) is 0 Å². The molecular formula is C37H38. The molecule has 0 amide bonds. The molecule has 0 N–H and O–H groups in total. The van der Waals surface area contributed by atoms with Crippen molar-refractivity contribution in [2.45, 2.75) is 74.7 Å². The van der Waals surface area contributed by atoms with Crippen molar-refractivity contribution in [3.8, 4) is 0 Å². The average molecular weight is 483 g/mol. The molecule has 0 heterocycles. The first-order chi connectivity index (χ1) is 17.5. The summed E-state index contributed by atoms with van der Waals surface area (Å²) in [7, 11) is 0. The number of fused-ring (bicyclic) bond motifs is 7. The SMILES string of the molecule is CC1=C(C)c2c(C)c(C)c(C)c(C)c2C2(C=Cc3cc4ccccc4cc32)c2c(C)c(C)c(C)c(C)c21. The predicted octanol–water partition coefficient (Wildman–Crippen LogP) is 9.93. The van der Waals surface area contributed by atoms with Crippen molar-refractivity contribution in [2.75, 3.05) is 0 Å². The molecule has 6 rings (SSSR count). The van der Waals surface area contributed by atoms with E-state index in [2.05, 4.69) is 118 Å². The van der Waals surface area contributed by atoms with Crippen LogP contribution in [0.4, 0.5) is 0 Å². The van der Waals surface area contributed by atoms with Crippen LogP contribution in [-0.2, 0) is 5.41 Å². The summed E-state index contributed by atoms with van der Waals surface area (Å²) in [6, 6.07) is 13.7. The number of allylic oxidation sites excluding steroid dienone is 3. The molecule has 0 radical (unpaired) electrons. The summed E-state index contributed by atoms with van der Waals surface area (Å²) < 4.78 is 0. The van der Waals surface area contributed by atoms with Crippen LogP contribution in [0.5, 0.6) is 0 Å². The maximum Gasteiger partial charge on any atom is 0.0658 e. The second-order valence-electron chi connectivity index (χ2n) is 11.7. The van der Waals surface area contributed by atoms with Gasteiger partial charge in [-0.05, 0) is 181 Å². The van der Waals surface area contributed by atoms with Gasteiger partial charge in [0.1, 0.15) is 0 Å². The van der Waals surface area contributed by atoms with Gasteiger partial charge in [0.2, 0.25) is 0 Å². The van der Waals surface area contributed by atoms with Gasteiger partial charge in [-0.1, -0.05) is 36.4 Å². The third kappa shape index (κ3) is 2.85. The van der Waals surface area contributed by atoms with Crippen molar-refractivity contribution in [2.24, 2.45) is 0 Å². The molecule has 4 aromatic carbocycles. The van der Waals surface area contributed by atoms with Crippen LogP contribution in [0.2, 0.25) is 0 Å². The molecule has 0 unspecified atom stereocenters. The Bertz CT molecular complexity index is 1670. The second-order valence-corrected chi connectivity index (χ2v) is 11.7. The van der Waals surface area contributed by atoms with Crippen LogP contribution in [-0.4, -0.2) is 0 Å². The van der Waals surface area contributed by atoms with Gasteiger partial charge in [0.25, 0.3) is 0 Å². The van der Waals surface area contributed by atoms with E-state index in [1.807, 2.05) is 0 Å². The summed E-state index contributed by atoms with van der Waals surface area (Å²) in [5, 5.41) is 2.62. The monoisotopic (exact) mass is 482 g/mol. The Labute approximate surface area is 222 Å². The van der Waals surface area contributed by atoms with Crippen molar-refractivity contribution in [1.29, 1.82) is 0 Å². The van der Waals surface area contributed by atoms with Crippen LogP contribution in [0.25, 0.3) is 28.0 Å². The summed E-state index contributed by atoms with van der Waals surface area (Å²) in [5.74, 6) is 0. The molecule has 37 heavy (non-hydrogen) atoms. The minimum absolute atomic E-state index is 0.330. The maximum absolute atomic E-state index is 2.54. The lowest BCUT2D eigenvalue weighted by Crippen LogP contribution is -2.31. The molecule has 1 spiro atoms. The van der Waals surface area contributed by atoms with Crippen LogP contribution in [0.3, 0.4) is 0 Å². The van der Waals surface area contributed by atoms with Crippen molar-refractivity contribution in [1.82, 2.24) is 0 Å². The van der Waals surface area contributed by atoms with Gasteiger partial charge in [0.05, 0.1) is 5.41 Å². The van der Waals surface area contributed by atoms with E-state index < -0.39 is 0 Å². The minimum Gasteiger partial charge on any atom is -0.0645 e. The number of rotatable bonds is 0. The van der Waals surface area contributed by atoms with Gasteiger partial charge in [-0.15, -0.1) is 0 Å². The molecule has 0 bridgehead atoms. The van der Waals surface area contributed by atoms with Gasteiger partial charge in [-0.25, -0.2) is 0 Å². The first kappa shape index (κ1) is 24.0. The van der Waals surface area contributed by atoms with Crippen molar-refractivity contribution in [3.05, 3.63) is 120 Å². The van der Waals surface area contributed by atoms with Crippen LogP contribution in [0.15, 0.2) is 42.5 Å². The first-order valence-electron chi connectivity index (χ1n) is 13.6.